The number of hydrogen-bond acceptors (Lipinski definition) is 4. The number of nitrogens with one attached hydrogen (secondary N) is 3. The zero-order chi connectivity index (χ0) is 25.8. The highest BCUT2D eigenvalue weighted by atomic mass is 32.1. The van der Waals surface area contributed by atoms with Crippen LogP contribution in [-0.4, -0.2) is 39.0 Å². The van der Waals surface area contributed by atoms with Crippen LogP contribution in [0.4, 0.5) is 5.69 Å². The summed E-state index contributed by atoms with van der Waals surface area (Å²) in [5.41, 5.74) is 6.25. The van der Waals surface area contributed by atoms with Crippen molar-refractivity contribution in [1.82, 2.24) is 14.9 Å². The van der Waals surface area contributed by atoms with Crippen molar-refractivity contribution in [3.05, 3.63) is 99.1 Å². The van der Waals surface area contributed by atoms with Gasteiger partial charge in [0.25, 0.3) is 11.8 Å². The third-order valence-corrected chi connectivity index (χ3v) is 9.41. The molecule has 0 unspecified atom stereocenters. The number of thiophene rings is 1. The van der Waals surface area contributed by atoms with Gasteiger partial charge < -0.3 is 20.2 Å². The molecule has 2 aromatic carbocycles. The van der Waals surface area contributed by atoms with Gasteiger partial charge in [0.2, 0.25) is 0 Å². The second kappa shape index (κ2) is 7.33. The number of ketones is 1. The first-order valence-electron chi connectivity index (χ1n) is 12.6. The van der Waals surface area contributed by atoms with Gasteiger partial charge >= 0.3 is 0 Å². The van der Waals surface area contributed by atoms with Crippen molar-refractivity contribution in [3.8, 4) is 0 Å². The number of H-pyrrole nitrogens is 2. The SMILES string of the molecule is Cc1csc2c1[C@]13C[C@H]1CN(C(=O)c1cc4cc(NC(=O)c5cc6ccccc6[nH]5)ccc4[nH]1)C3=CC2=O. The second-order valence-corrected chi connectivity index (χ2v) is 11.4. The van der Waals surface area contributed by atoms with E-state index in [1.165, 1.54) is 11.3 Å². The average Bonchev–Trinajstić information content (AvgIpc) is 3.37. The van der Waals surface area contributed by atoms with Crippen LogP contribution in [0.2, 0.25) is 0 Å². The van der Waals surface area contributed by atoms with Gasteiger partial charge in [-0.2, -0.15) is 0 Å². The number of para-hydroxylation sites is 1. The molecule has 1 aliphatic heterocycles. The Balaban J connectivity index is 1.07. The fraction of sp³-hybridized carbons (Fsp3) is 0.167. The number of aromatic amines is 2. The molecule has 1 saturated heterocycles. The van der Waals surface area contributed by atoms with Crippen LogP contribution >= 0.6 is 11.3 Å². The normalized spacial score (nSPS) is 21.3. The van der Waals surface area contributed by atoms with Gasteiger partial charge in [-0.3, -0.25) is 14.4 Å². The number of benzene rings is 2. The summed E-state index contributed by atoms with van der Waals surface area (Å²) in [7, 11) is 0. The van der Waals surface area contributed by atoms with Gasteiger partial charge in [0.1, 0.15) is 11.4 Å². The largest absolute Gasteiger partial charge is 0.351 e. The number of amides is 2. The molecular formula is C30H22N4O3S. The minimum absolute atomic E-state index is 0.00364. The Bertz CT molecular complexity index is 1870. The molecule has 8 rings (SSSR count). The molecule has 4 heterocycles. The summed E-state index contributed by atoms with van der Waals surface area (Å²) in [6.45, 7) is 2.68. The number of aryl methyl sites for hydroxylation is 1. The van der Waals surface area contributed by atoms with E-state index in [0.29, 0.717) is 29.5 Å². The van der Waals surface area contributed by atoms with Gasteiger partial charge in [-0.25, -0.2) is 0 Å². The number of piperidine rings is 1. The van der Waals surface area contributed by atoms with Gasteiger partial charge in [-0.1, -0.05) is 18.2 Å². The molecule has 1 saturated carbocycles. The zero-order valence-electron chi connectivity index (χ0n) is 20.4. The Morgan fingerprint density at radius 1 is 1.03 bits per heavy atom. The number of fused-ring (bicyclic) bond motifs is 3. The standard InChI is InChI=1S/C30H22N4O3S/c1-15-14-38-27-24(35)11-25-30(26(15)27)12-18(30)13-34(25)29(37)23-10-17-8-19(6-7-21(17)33-23)31-28(36)22-9-16-4-2-3-5-20(16)32-22/h2-11,14,18,32-33H,12-13H2,1H3,(H,31,36)/t18-,30+/m0/s1. The molecule has 38 heavy (non-hydrogen) atoms. The molecule has 0 radical (unpaired) electrons. The maximum Gasteiger partial charge on any atom is 0.274 e. The zero-order valence-corrected chi connectivity index (χ0v) is 21.2. The smallest absolute Gasteiger partial charge is 0.274 e. The minimum atomic E-state index is -0.231. The van der Waals surface area contributed by atoms with Crippen LogP contribution in [0.3, 0.4) is 0 Å². The summed E-state index contributed by atoms with van der Waals surface area (Å²) in [6, 6.07) is 16.9. The van der Waals surface area contributed by atoms with E-state index in [1.807, 2.05) is 54.6 Å². The summed E-state index contributed by atoms with van der Waals surface area (Å²) < 4.78 is 0. The Labute approximate surface area is 221 Å². The third kappa shape index (κ3) is 2.86. The number of hydrogen-bond donors (Lipinski definition) is 3. The average molecular weight is 519 g/mol. The topological polar surface area (TPSA) is 98.1 Å². The molecule has 2 amide bonds. The van der Waals surface area contributed by atoms with Crippen molar-refractivity contribution in [1.29, 1.82) is 0 Å². The Hall–Kier alpha value is -4.43. The van der Waals surface area contributed by atoms with Crippen LogP contribution in [-0.2, 0) is 5.41 Å². The van der Waals surface area contributed by atoms with Crippen LogP contribution in [0.25, 0.3) is 21.8 Å². The highest BCUT2D eigenvalue weighted by Crippen LogP contribution is 2.68. The maximum absolute atomic E-state index is 13.7. The van der Waals surface area contributed by atoms with E-state index in [9.17, 15) is 14.4 Å². The van der Waals surface area contributed by atoms with Gasteiger partial charge in [-0.15, -0.1) is 11.3 Å². The highest BCUT2D eigenvalue weighted by molar-refractivity contribution is 7.12. The minimum Gasteiger partial charge on any atom is -0.351 e. The first-order chi connectivity index (χ1) is 18.4. The van der Waals surface area contributed by atoms with Gasteiger partial charge in [0, 0.05) is 51.2 Å². The lowest BCUT2D eigenvalue weighted by molar-refractivity contribution is 0.0806. The number of aromatic nitrogens is 2. The monoisotopic (exact) mass is 518 g/mol. The van der Waals surface area contributed by atoms with Crippen molar-refractivity contribution in [2.24, 2.45) is 5.92 Å². The molecule has 1 spiro atoms. The summed E-state index contributed by atoms with van der Waals surface area (Å²) in [6.07, 6.45) is 2.68. The first-order valence-corrected chi connectivity index (χ1v) is 13.5. The summed E-state index contributed by atoms with van der Waals surface area (Å²) in [5, 5.41) is 6.80. The van der Waals surface area contributed by atoms with Crippen molar-refractivity contribution < 1.29 is 14.4 Å². The Morgan fingerprint density at radius 3 is 2.68 bits per heavy atom. The highest BCUT2D eigenvalue weighted by Gasteiger charge is 2.68. The van der Waals surface area contributed by atoms with Crippen LogP contribution in [0.5, 0.6) is 0 Å². The molecule has 2 fully saturated rings. The van der Waals surface area contributed by atoms with E-state index in [0.717, 1.165) is 49.9 Å². The van der Waals surface area contributed by atoms with Crippen molar-refractivity contribution in [2.75, 3.05) is 11.9 Å². The van der Waals surface area contributed by atoms with Crippen molar-refractivity contribution in [2.45, 2.75) is 18.8 Å². The molecule has 0 bridgehead atoms. The third-order valence-electron chi connectivity index (χ3n) is 8.30. The van der Waals surface area contributed by atoms with Crippen LogP contribution in [0, 0.1) is 12.8 Å². The molecule has 7 nitrogen and oxygen atoms in total. The van der Waals surface area contributed by atoms with E-state index in [2.05, 4.69) is 27.6 Å². The van der Waals surface area contributed by atoms with Crippen LogP contribution < -0.4 is 5.32 Å². The van der Waals surface area contributed by atoms with E-state index >= 15 is 0 Å². The Kier molecular flexibility index (Phi) is 4.17. The molecule has 186 valence electrons. The number of likely N-dealkylation sites (tertiary alicyclic amines) is 1. The molecule has 2 aliphatic carbocycles. The van der Waals surface area contributed by atoms with E-state index in [4.69, 9.17) is 0 Å². The van der Waals surface area contributed by atoms with Crippen LogP contribution in [0.15, 0.2) is 71.8 Å². The lowest BCUT2D eigenvalue weighted by Crippen LogP contribution is -2.33. The summed E-state index contributed by atoms with van der Waals surface area (Å²) >= 11 is 1.51. The van der Waals surface area contributed by atoms with Gasteiger partial charge in [0.05, 0.1) is 4.88 Å². The molecule has 8 heteroatoms. The van der Waals surface area contributed by atoms with E-state index in [-0.39, 0.29) is 23.0 Å². The van der Waals surface area contributed by atoms with Crippen LogP contribution in [0.1, 0.15) is 48.2 Å². The Morgan fingerprint density at radius 2 is 1.82 bits per heavy atom. The van der Waals surface area contributed by atoms with Crippen molar-refractivity contribution in [3.63, 3.8) is 0 Å². The fourth-order valence-electron chi connectivity index (χ4n) is 6.49. The number of rotatable bonds is 3. The van der Waals surface area contributed by atoms with E-state index in [1.54, 1.807) is 11.0 Å². The lowest BCUT2D eigenvalue weighted by atomic mass is 9.84. The van der Waals surface area contributed by atoms with Gasteiger partial charge in [-0.05, 0) is 72.2 Å². The fourth-order valence-corrected chi connectivity index (χ4v) is 7.54. The molecule has 3 N–H and O–H groups in total. The molecule has 2 atom stereocenters. The molecule has 3 aliphatic rings. The number of nitrogens with zero attached hydrogens (tertiary/aromatic N) is 1. The summed E-state index contributed by atoms with van der Waals surface area (Å²) in [5.74, 6) is -0.0115. The molecule has 3 aromatic heterocycles. The molecule has 5 aromatic rings. The maximum atomic E-state index is 13.7. The predicted molar refractivity (Wildman–Crippen MR) is 147 cm³/mol. The lowest BCUT2D eigenvalue weighted by Gasteiger charge is -2.28. The quantitative estimate of drug-likeness (QED) is 0.283. The number of carbonyl (C=O) groups is 3. The molecular weight excluding hydrogens is 496 g/mol. The number of carbonyl (C=O) groups excluding carboxylic acids is 3. The summed E-state index contributed by atoms with van der Waals surface area (Å²) in [4.78, 5) is 48.4. The van der Waals surface area contributed by atoms with Gasteiger partial charge in [0.15, 0.2) is 5.78 Å². The first kappa shape index (κ1) is 21.6. The van der Waals surface area contributed by atoms with Crippen molar-refractivity contribution >= 4 is 56.4 Å². The predicted octanol–water partition coefficient (Wildman–Crippen LogP) is 5.77. The van der Waals surface area contributed by atoms with E-state index < -0.39 is 0 Å². The number of anilines is 1. The second-order valence-electron chi connectivity index (χ2n) is 10.5. The number of allylic oxidation sites excluding steroid dienone is 2.